The van der Waals surface area contributed by atoms with Crippen LogP contribution in [0.15, 0.2) is 65.9 Å². The molecule has 2 amide bonds. The largest absolute Gasteiger partial charge is 0.497 e. The molecule has 0 saturated carbocycles. The number of nitrogens with one attached hydrogen (secondary N) is 2. The van der Waals surface area contributed by atoms with Crippen LogP contribution in [0.5, 0.6) is 5.75 Å². The fraction of sp³-hybridized carbons (Fsp3) is 0.208. The third-order valence-corrected chi connectivity index (χ3v) is 4.74. The topological polar surface area (TPSA) is 103 Å². The normalized spacial score (nSPS) is 15.6. The van der Waals surface area contributed by atoms with Crippen LogP contribution in [0, 0.1) is 5.82 Å². The Kier molecular flexibility index (Phi) is 7.80. The molecule has 0 aliphatic carbocycles. The Morgan fingerprint density at radius 1 is 1.06 bits per heavy atom. The highest BCUT2D eigenvalue weighted by Gasteiger charge is 2.34. The molecular weight excluding hydrogens is 431 g/mol. The van der Waals surface area contributed by atoms with Crippen molar-refractivity contribution in [1.29, 1.82) is 0 Å². The summed E-state index contributed by atoms with van der Waals surface area (Å²) >= 11 is 0. The third kappa shape index (κ3) is 6.19. The highest BCUT2D eigenvalue weighted by Crippen LogP contribution is 2.29. The minimum Gasteiger partial charge on any atom is -0.497 e. The van der Waals surface area contributed by atoms with Crippen LogP contribution in [-0.2, 0) is 19.1 Å². The number of hydrogen-bond acceptors (Lipinski definition) is 6. The summed E-state index contributed by atoms with van der Waals surface area (Å²) in [6, 6.07) is 11.0. The van der Waals surface area contributed by atoms with Gasteiger partial charge in [-0.15, -0.1) is 0 Å². The van der Waals surface area contributed by atoms with E-state index in [1.165, 1.54) is 43.5 Å². The smallest absolute Gasteiger partial charge is 0.338 e. The summed E-state index contributed by atoms with van der Waals surface area (Å²) in [6.07, 6.45) is 2.63. The average molecular weight is 454 g/mol. The van der Waals surface area contributed by atoms with Crippen molar-refractivity contribution in [2.45, 2.75) is 13.0 Å². The van der Waals surface area contributed by atoms with Crippen molar-refractivity contribution in [3.8, 4) is 5.75 Å². The van der Waals surface area contributed by atoms with Gasteiger partial charge in [-0.2, -0.15) is 0 Å². The zero-order valence-electron chi connectivity index (χ0n) is 18.1. The summed E-state index contributed by atoms with van der Waals surface area (Å²) in [6.45, 7) is 1.43. The molecule has 172 valence electrons. The molecule has 2 aromatic carbocycles. The number of halogens is 1. The Morgan fingerprint density at radius 3 is 2.39 bits per heavy atom. The lowest BCUT2D eigenvalue weighted by molar-refractivity contribution is -0.140. The summed E-state index contributed by atoms with van der Waals surface area (Å²) in [7, 11) is 1.53. The van der Waals surface area contributed by atoms with Gasteiger partial charge in [-0.3, -0.25) is 0 Å². The zero-order chi connectivity index (χ0) is 23.8. The molecule has 0 bridgehead atoms. The molecule has 9 heteroatoms. The standard InChI is InChI=1S/C24H23FN2O6/c1-3-32-23(29)21-19(14-33-20(28)13-6-15-4-9-17(25)10-5-15)26-24(30)27-22(21)16-7-11-18(31-2)12-8-16/h4-13,22H,3,14H2,1-2H3,(H2,26,27,30)/b13-6+. The van der Waals surface area contributed by atoms with Gasteiger partial charge < -0.3 is 24.8 Å². The van der Waals surface area contributed by atoms with Gasteiger partial charge in [0.2, 0.25) is 0 Å². The predicted octanol–water partition coefficient (Wildman–Crippen LogP) is 3.26. The lowest BCUT2D eigenvalue weighted by Gasteiger charge is -2.29. The Morgan fingerprint density at radius 2 is 1.76 bits per heavy atom. The number of hydrogen-bond donors (Lipinski definition) is 2. The summed E-state index contributed by atoms with van der Waals surface area (Å²) < 4.78 is 28.5. The molecule has 0 saturated heterocycles. The van der Waals surface area contributed by atoms with Crippen molar-refractivity contribution in [3.05, 3.63) is 82.8 Å². The van der Waals surface area contributed by atoms with Crippen molar-refractivity contribution in [3.63, 3.8) is 0 Å². The first-order chi connectivity index (χ1) is 15.9. The maximum atomic E-state index is 13.0. The first-order valence-corrected chi connectivity index (χ1v) is 10.1. The number of ether oxygens (including phenoxy) is 3. The molecule has 0 fully saturated rings. The number of carbonyl (C=O) groups excluding carboxylic acids is 3. The molecule has 0 radical (unpaired) electrons. The van der Waals surface area contributed by atoms with Gasteiger partial charge in [-0.25, -0.2) is 18.8 Å². The summed E-state index contributed by atoms with van der Waals surface area (Å²) in [5.41, 5.74) is 1.46. The predicted molar refractivity (Wildman–Crippen MR) is 117 cm³/mol. The first-order valence-electron chi connectivity index (χ1n) is 10.1. The van der Waals surface area contributed by atoms with Crippen molar-refractivity contribution in [2.24, 2.45) is 0 Å². The molecule has 1 atom stereocenters. The van der Waals surface area contributed by atoms with Gasteiger partial charge in [-0.1, -0.05) is 24.3 Å². The van der Waals surface area contributed by atoms with E-state index in [1.54, 1.807) is 31.2 Å². The highest BCUT2D eigenvalue weighted by atomic mass is 19.1. The van der Waals surface area contributed by atoms with Gasteiger partial charge in [-0.05, 0) is 48.4 Å². The fourth-order valence-electron chi connectivity index (χ4n) is 3.16. The highest BCUT2D eigenvalue weighted by molar-refractivity contribution is 5.95. The molecule has 1 aliphatic heterocycles. The van der Waals surface area contributed by atoms with Crippen molar-refractivity contribution >= 4 is 24.0 Å². The van der Waals surface area contributed by atoms with Crippen LogP contribution in [0.3, 0.4) is 0 Å². The monoisotopic (exact) mass is 454 g/mol. The molecule has 0 spiro atoms. The molecule has 3 rings (SSSR count). The van der Waals surface area contributed by atoms with Gasteiger partial charge in [0.25, 0.3) is 0 Å². The first kappa shape index (κ1) is 23.5. The van der Waals surface area contributed by atoms with Crippen LogP contribution in [-0.4, -0.2) is 38.3 Å². The number of benzene rings is 2. The van der Waals surface area contributed by atoms with Crippen LogP contribution in [0.2, 0.25) is 0 Å². The van der Waals surface area contributed by atoms with Crippen LogP contribution in [0.4, 0.5) is 9.18 Å². The average Bonchev–Trinajstić information content (AvgIpc) is 2.82. The van der Waals surface area contributed by atoms with Gasteiger partial charge >= 0.3 is 18.0 Å². The fourth-order valence-corrected chi connectivity index (χ4v) is 3.16. The molecular formula is C24H23FN2O6. The second kappa shape index (κ2) is 10.9. The molecule has 0 aromatic heterocycles. The van der Waals surface area contributed by atoms with Crippen LogP contribution >= 0.6 is 0 Å². The van der Waals surface area contributed by atoms with Gasteiger partial charge in [0, 0.05) is 6.08 Å². The van der Waals surface area contributed by atoms with Crippen LogP contribution in [0.1, 0.15) is 24.1 Å². The molecule has 1 aliphatic rings. The minimum atomic E-state index is -0.813. The van der Waals surface area contributed by atoms with E-state index in [4.69, 9.17) is 14.2 Å². The van der Waals surface area contributed by atoms with E-state index < -0.39 is 24.0 Å². The Hall–Kier alpha value is -4.14. The lowest BCUT2D eigenvalue weighted by atomic mass is 9.95. The van der Waals surface area contributed by atoms with E-state index in [0.717, 1.165) is 0 Å². The Labute approximate surface area is 190 Å². The molecule has 1 unspecified atom stereocenters. The lowest BCUT2D eigenvalue weighted by Crippen LogP contribution is -2.47. The molecule has 2 N–H and O–H groups in total. The quantitative estimate of drug-likeness (QED) is 0.469. The number of urea groups is 1. The van der Waals surface area contributed by atoms with Gasteiger partial charge in [0.15, 0.2) is 0 Å². The third-order valence-electron chi connectivity index (χ3n) is 4.74. The molecule has 8 nitrogen and oxygen atoms in total. The zero-order valence-corrected chi connectivity index (χ0v) is 18.1. The second-order valence-corrected chi connectivity index (χ2v) is 6.91. The van der Waals surface area contributed by atoms with Crippen LogP contribution < -0.4 is 15.4 Å². The van der Waals surface area contributed by atoms with Crippen molar-refractivity contribution < 1.29 is 33.0 Å². The Balaban J connectivity index is 1.82. The number of carbonyl (C=O) groups is 3. The van der Waals surface area contributed by atoms with E-state index in [-0.39, 0.29) is 30.3 Å². The minimum absolute atomic E-state index is 0.113. The summed E-state index contributed by atoms with van der Waals surface area (Å²) in [5.74, 6) is -1.13. The van der Waals surface area contributed by atoms with E-state index in [2.05, 4.69) is 10.6 Å². The number of amides is 2. The van der Waals surface area contributed by atoms with Gasteiger partial charge in [0.1, 0.15) is 18.2 Å². The van der Waals surface area contributed by atoms with Crippen LogP contribution in [0.25, 0.3) is 6.08 Å². The molecule has 33 heavy (non-hydrogen) atoms. The summed E-state index contributed by atoms with van der Waals surface area (Å²) in [4.78, 5) is 37.2. The van der Waals surface area contributed by atoms with Gasteiger partial charge in [0.05, 0.1) is 31.0 Å². The maximum Gasteiger partial charge on any atom is 0.338 e. The number of methoxy groups -OCH3 is 1. The number of rotatable bonds is 8. The molecule has 1 heterocycles. The van der Waals surface area contributed by atoms with E-state index in [9.17, 15) is 18.8 Å². The van der Waals surface area contributed by atoms with Crippen molar-refractivity contribution in [1.82, 2.24) is 10.6 Å². The maximum absolute atomic E-state index is 13.0. The molecule has 2 aromatic rings. The van der Waals surface area contributed by atoms with E-state index >= 15 is 0 Å². The Bertz CT molecular complexity index is 1080. The second-order valence-electron chi connectivity index (χ2n) is 6.91. The van der Waals surface area contributed by atoms with Crippen molar-refractivity contribution in [2.75, 3.05) is 20.3 Å². The van der Waals surface area contributed by atoms with E-state index in [0.29, 0.717) is 16.9 Å². The summed E-state index contributed by atoms with van der Waals surface area (Å²) in [5, 5.41) is 5.22. The van der Waals surface area contributed by atoms with E-state index in [1.807, 2.05) is 0 Å². The number of esters is 2. The SMILES string of the molecule is CCOC(=O)C1=C(COC(=O)/C=C/c2ccc(F)cc2)NC(=O)NC1c1ccc(OC)cc1.